The number of anilines is 1. The first-order chi connectivity index (χ1) is 12.0. The van der Waals surface area contributed by atoms with Crippen molar-refractivity contribution in [1.29, 1.82) is 0 Å². The van der Waals surface area contributed by atoms with E-state index in [1.807, 2.05) is 30.5 Å². The monoisotopic (exact) mass is 371 g/mol. The molecule has 0 spiro atoms. The molecule has 1 amide bonds. The van der Waals surface area contributed by atoms with Crippen LogP contribution in [-0.2, 0) is 11.8 Å². The number of hydrogen-bond donors (Lipinski definition) is 1. The van der Waals surface area contributed by atoms with E-state index in [4.69, 9.17) is 6.42 Å². The predicted octanol–water partition coefficient (Wildman–Crippen LogP) is 2.70. The number of thioether (sulfide) groups is 2. The fourth-order valence-corrected chi connectivity index (χ4v) is 3.94. The lowest BCUT2D eigenvalue weighted by molar-refractivity contribution is -0.116. The van der Waals surface area contributed by atoms with Gasteiger partial charge in [-0.1, -0.05) is 29.8 Å². The third kappa shape index (κ3) is 3.46. The summed E-state index contributed by atoms with van der Waals surface area (Å²) >= 11 is 2.95. The maximum absolute atomic E-state index is 12.7. The van der Waals surface area contributed by atoms with Crippen LogP contribution in [0.25, 0.3) is 0 Å². The Kier molecular flexibility index (Phi) is 5.21. The summed E-state index contributed by atoms with van der Waals surface area (Å²) in [5.41, 5.74) is 1.16. The van der Waals surface area contributed by atoms with Gasteiger partial charge in [0.05, 0.1) is 11.3 Å². The lowest BCUT2D eigenvalue weighted by Crippen LogP contribution is -2.33. The van der Waals surface area contributed by atoms with E-state index < -0.39 is 0 Å². The summed E-state index contributed by atoms with van der Waals surface area (Å²) in [6.07, 6.45) is 7.53. The van der Waals surface area contributed by atoms with Gasteiger partial charge < -0.3 is 9.88 Å². The molecule has 1 aromatic carbocycles. The number of carbonyl (C=O) groups excluding carboxylic acids is 1. The van der Waals surface area contributed by atoms with Gasteiger partial charge in [-0.3, -0.25) is 9.59 Å². The van der Waals surface area contributed by atoms with Crippen LogP contribution < -0.4 is 10.9 Å². The molecule has 0 fully saturated rings. The van der Waals surface area contributed by atoms with E-state index in [-0.39, 0.29) is 23.8 Å². The van der Waals surface area contributed by atoms with Crippen LogP contribution >= 0.6 is 23.5 Å². The van der Waals surface area contributed by atoms with Crippen LogP contribution in [0, 0.1) is 12.3 Å². The van der Waals surface area contributed by atoms with E-state index in [0.717, 1.165) is 10.5 Å². The second-order valence-corrected chi connectivity index (χ2v) is 7.41. The van der Waals surface area contributed by atoms with Crippen molar-refractivity contribution in [2.24, 2.45) is 7.05 Å². The van der Waals surface area contributed by atoms with Gasteiger partial charge in [0.15, 0.2) is 5.16 Å². The standard InChI is InChI=1S/C18H17N3O2S2/c1-4-9-25-18-20-17(23)15-13(10-14(22)19-16(15)21(18)2)11-5-7-12(24-3)8-6-11/h1,5-8,13H,9-10H2,2-3H3,(H,19,22). The van der Waals surface area contributed by atoms with Gasteiger partial charge in [-0.05, 0) is 24.0 Å². The predicted molar refractivity (Wildman–Crippen MR) is 102 cm³/mol. The fourth-order valence-electron chi connectivity index (χ4n) is 2.89. The molecule has 1 atom stereocenters. The lowest BCUT2D eigenvalue weighted by Gasteiger charge is -2.27. The molecule has 128 valence electrons. The first kappa shape index (κ1) is 17.6. The Morgan fingerprint density at radius 3 is 2.72 bits per heavy atom. The highest BCUT2D eigenvalue weighted by Crippen LogP contribution is 2.36. The molecule has 1 unspecified atom stereocenters. The van der Waals surface area contributed by atoms with Crippen molar-refractivity contribution in [2.45, 2.75) is 22.4 Å². The summed E-state index contributed by atoms with van der Waals surface area (Å²) in [4.78, 5) is 30.2. The zero-order valence-electron chi connectivity index (χ0n) is 13.9. The minimum Gasteiger partial charge on any atom is -0.312 e. The topological polar surface area (TPSA) is 64.0 Å². The third-order valence-electron chi connectivity index (χ3n) is 4.10. The molecule has 0 bridgehead atoms. The van der Waals surface area contributed by atoms with Crippen molar-refractivity contribution in [2.75, 3.05) is 17.3 Å². The van der Waals surface area contributed by atoms with Crippen molar-refractivity contribution in [3.63, 3.8) is 0 Å². The number of hydrogen-bond acceptors (Lipinski definition) is 5. The Balaban J connectivity index is 2.11. The highest BCUT2D eigenvalue weighted by atomic mass is 32.2. The molecule has 0 saturated carbocycles. The molecule has 1 aromatic heterocycles. The summed E-state index contributed by atoms with van der Waals surface area (Å²) < 4.78 is 1.74. The Bertz CT molecular complexity index is 914. The van der Waals surface area contributed by atoms with Crippen LogP contribution in [0.2, 0.25) is 0 Å². The highest BCUT2D eigenvalue weighted by molar-refractivity contribution is 7.99. The summed E-state index contributed by atoms with van der Waals surface area (Å²) in [5, 5.41) is 3.32. The first-order valence-corrected chi connectivity index (χ1v) is 9.87. The molecule has 5 nitrogen and oxygen atoms in total. The Hall–Kier alpha value is -2.17. The van der Waals surface area contributed by atoms with Crippen LogP contribution in [0.1, 0.15) is 23.5 Å². The molecular weight excluding hydrogens is 354 g/mol. The average Bonchev–Trinajstić information content (AvgIpc) is 2.62. The molecule has 2 aromatic rings. The number of terminal acetylenes is 1. The molecule has 2 heterocycles. The molecule has 7 heteroatoms. The number of rotatable bonds is 4. The van der Waals surface area contributed by atoms with Gasteiger partial charge in [0.1, 0.15) is 5.82 Å². The van der Waals surface area contributed by atoms with Crippen molar-refractivity contribution < 1.29 is 4.79 Å². The van der Waals surface area contributed by atoms with Crippen molar-refractivity contribution in [3.05, 3.63) is 45.7 Å². The molecule has 0 aliphatic carbocycles. The van der Waals surface area contributed by atoms with Gasteiger partial charge in [-0.2, -0.15) is 4.98 Å². The molecule has 1 aliphatic rings. The molecule has 1 aliphatic heterocycles. The second kappa shape index (κ2) is 7.38. The fraction of sp³-hybridized carbons (Fsp3) is 0.278. The summed E-state index contributed by atoms with van der Waals surface area (Å²) in [7, 11) is 1.78. The summed E-state index contributed by atoms with van der Waals surface area (Å²) in [5.74, 6) is 3.03. The van der Waals surface area contributed by atoms with E-state index >= 15 is 0 Å². The number of nitrogens with one attached hydrogen (secondary N) is 1. The van der Waals surface area contributed by atoms with Crippen LogP contribution in [-0.4, -0.2) is 27.5 Å². The molecule has 3 rings (SSSR count). The van der Waals surface area contributed by atoms with Crippen molar-refractivity contribution >= 4 is 35.2 Å². The maximum atomic E-state index is 12.7. The average molecular weight is 371 g/mol. The van der Waals surface area contributed by atoms with Gasteiger partial charge in [0.2, 0.25) is 5.91 Å². The number of nitrogens with zero attached hydrogens (tertiary/aromatic N) is 2. The van der Waals surface area contributed by atoms with E-state index in [9.17, 15) is 9.59 Å². The van der Waals surface area contributed by atoms with E-state index in [2.05, 4.69) is 16.2 Å². The van der Waals surface area contributed by atoms with Crippen molar-refractivity contribution in [3.8, 4) is 12.3 Å². The van der Waals surface area contributed by atoms with Crippen LogP contribution in [0.15, 0.2) is 39.1 Å². The van der Waals surface area contributed by atoms with E-state index in [0.29, 0.717) is 22.3 Å². The van der Waals surface area contributed by atoms with Crippen molar-refractivity contribution in [1.82, 2.24) is 9.55 Å². The zero-order chi connectivity index (χ0) is 18.0. The Labute approximate surface area is 154 Å². The lowest BCUT2D eigenvalue weighted by atomic mass is 9.87. The second-order valence-electron chi connectivity index (χ2n) is 5.59. The molecular formula is C18H17N3O2S2. The highest BCUT2D eigenvalue weighted by Gasteiger charge is 2.32. The number of benzene rings is 1. The first-order valence-electron chi connectivity index (χ1n) is 7.66. The van der Waals surface area contributed by atoms with Gasteiger partial charge in [-0.15, -0.1) is 18.2 Å². The van der Waals surface area contributed by atoms with Gasteiger partial charge in [0, 0.05) is 24.3 Å². The molecule has 25 heavy (non-hydrogen) atoms. The van der Waals surface area contributed by atoms with E-state index in [1.54, 1.807) is 23.4 Å². The molecule has 0 saturated heterocycles. The number of fused-ring (bicyclic) bond motifs is 1. The minimum absolute atomic E-state index is 0.111. The molecule has 1 N–H and O–H groups in total. The van der Waals surface area contributed by atoms with Crippen LogP contribution in [0.4, 0.5) is 5.82 Å². The zero-order valence-corrected chi connectivity index (χ0v) is 15.5. The van der Waals surface area contributed by atoms with Gasteiger partial charge in [0.25, 0.3) is 5.56 Å². The largest absolute Gasteiger partial charge is 0.312 e. The maximum Gasteiger partial charge on any atom is 0.279 e. The quantitative estimate of drug-likeness (QED) is 0.509. The Morgan fingerprint density at radius 1 is 1.36 bits per heavy atom. The number of aromatic nitrogens is 2. The smallest absolute Gasteiger partial charge is 0.279 e. The third-order valence-corrected chi connectivity index (χ3v) is 5.78. The summed E-state index contributed by atoms with van der Waals surface area (Å²) in [6, 6.07) is 7.95. The van der Waals surface area contributed by atoms with Gasteiger partial charge in [-0.25, -0.2) is 0 Å². The normalized spacial score (nSPS) is 16.0. The number of amides is 1. The SMILES string of the molecule is C#CCSc1nc(=O)c2c(n1C)NC(=O)CC2c1ccc(SC)cc1. The summed E-state index contributed by atoms with van der Waals surface area (Å²) in [6.45, 7) is 0. The molecule has 0 radical (unpaired) electrons. The van der Waals surface area contributed by atoms with Crippen LogP contribution in [0.5, 0.6) is 0 Å². The van der Waals surface area contributed by atoms with Crippen LogP contribution in [0.3, 0.4) is 0 Å². The Morgan fingerprint density at radius 2 is 2.08 bits per heavy atom. The minimum atomic E-state index is -0.313. The number of carbonyl (C=O) groups is 1. The van der Waals surface area contributed by atoms with E-state index in [1.165, 1.54) is 11.8 Å². The van der Waals surface area contributed by atoms with Gasteiger partial charge >= 0.3 is 0 Å².